The molecule has 4 rings (SSSR count). The number of aryl methyl sites for hydroxylation is 2. The lowest BCUT2D eigenvalue weighted by molar-refractivity contribution is -0.112. The Hall–Kier alpha value is -2.76. The Morgan fingerprint density at radius 1 is 1.30 bits per heavy atom. The number of imidazole rings is 1. The molecule has 0 unspecified atom stereocenters. The third-order valence-electron chi connectivity index (χ3n) is 7.02. The van der Waals surface area contributed by atoms with Crippen molar-refractivity contribution in [2.75, 3.05) is 29.9 Å². The van der Waals surface area contributed by atoms with Crippen LogP contribution in [0.1, 0.15) is 33.6 Å². The lowest BCUT2D eigenvalue weighted by atomic mass is 9.84. The van der Waals surface area contributed by atoms with E-state index in [1.807, 2.05) is 12.1 Å². The maximum Gasteiger partial charge on any atom is 0.328 e. The van der Waals surface area contributed by atoms with Crippen LogP contribution >= 0.6 is 11.6 Å². The molecule has 0 spiro atoms. The van der Waals surface area contributed by atoms with Crippen LogP contribution in [-0.2, 0) is 13.6 Å². The molecule has 2 atom stereocenters. The average Bonchev–Trinajstić information content (AvgIpc) is 3.05. The van der Waals surface area contributed by atoms with Crippen molar-refractivity contribution in [2.24, 2.45) is 24.6 Å². The average molecular weight is 538 g/mol. The number of alkyl halides is 2. The molecule has 37 heavy (non-hydrogen) atoms. The summed E-state index contributed by atoms with van der Waals surface area (Å²) < 4.78 is 32.6. The number of aromatic nitrogens is 4. The number of hydrogen-bond acceptors (Lipinski definition) is 7. The summed E-state index contributed by atoms with van der Waals surface area (Å²) in [4.78, 5) is 23.4. The number of halogens is 3. The Balaban J connectivity index is 1.63. The number of nitrogens with zero attached hydrogens (tertiary/aromatic N) is 5. The SMILES string of the molecule is C[C@@H]1CN(c2ncc(Cl)c(Nc3ccc4c(c3)n(CCC(C)(C)O)c(=O)n4C)n2)C[C@H](CCN)C1(F)F. The third kappa shape index (κ3) is 5.58. The van der Waals surface area contributed by atoms with Crippen molar-refractivity contribution in [3.63, 3.8) is 0 Å². The van der Waals surface area contributed by atoms with Crippen LogP contribution in [-0.4, -0.2) is 55.4 Å². The second kappa shape index (κ2) is 10.2. The molecule has 0 saturated carbocycles. The van der Waals surface area contributed by atoms with Gasteiger partial charge in [0.15, 0.2) is 5.82 Å². The zero-order valence-corrected chi connectivity index (χ0v) is 22.3. The van der Waals surface area contributed by atoms with Crippen LogP contribution in [0.15, 0.2) is 29.2 Å². The van der Waals surface area contributed by atoms with Gasteiger partial charge in [0, 0.05) is 44.2 Å². The van der Waals surface area contributed by atoms with Gasteiger partial charge >= 0.3 is 5.69 Å². The standard InChI is InChI=1S/C25H34ClF2N7O2/c1-15-13-34(14-16(7-9-29)25(15,27)28)22-30-12-18(26)21(32-22)31-17-5-6-19-20(11-17)35(23(36)33(19)4)10-8-24(2,3)37/h5-6,11-12,15-16,37H,7-10,13-14,29H2,1-4H3,(H,30,31,32)/t15-,16+/m1/s1. The van der Waals surface area contributed by atoms with Crippen molar-refractivity contribution in [1.82, 2.24) is 19.1 Å². The van der Waals surface area contributed by atoms with Crippen LogP contribution in [0, 0.1) is 11.8 Å². The fraction of sp³-hybridized carbons (Fsp3) is 0.560. The fourth-order valence-electron chi connectivity index (χ4n) is 4.79. The molecule has 12 heteroatoms. The minimum Gasteiger partial charge on any atom is -0.390 e. The first-order chi connectivity index (χ1) is 17.3. The summed E-state index contributed by atoms with van der Waals surface area (Å²) in [5, 5.41) is 13.6. The molecular weight excluding hydrogens is 504 g/mol. The summed E-state index contributed by atoms with van der Waals surface area (Å²) in [6.45, 7) is 5.66. The number of nitrogens with one attached hydrogen (secondary N) is 1. The van der Waals surface area contributed by atoms with Crippen LogP contribution in [0.5, 0.6) is 0 Å². The maximum absolute atomic E-state index is 14.7. The van der Waals surface area contributed by atoms with Crippen LogP contribution in [0.25, 0.3) is 11.0 Å². The van der Waals surface area contributed by atoms with Crippen molar-refractivity contribution < 1.29 is 13.9 Å². The molecule has 0 radical (unpaired) electrons. The Bertz CT molecular complexity index is 1340. The third-order valence-corrected chi connectivity index (χ3v) is 7.30. The van der Waals surface area contributed by atoms with E-state index in [4.69, 9.17) is 17.3 Å². The van der Waals surface area contributed by atoms with Gasteiger partial charge in [-0.3, -0.25) is 9.13 Å². The Morgan fingerprint density at radius 3 is 2.70 bits per heavy atom. The van der Waals surface area contributed by atoms with Gasteiger partial charge in [-0.25, -0.2) is 18.6 Å². The number of piperidine rings is 1. The number of rotatable bonds is 8. The van der Waals surface area contributed by atoms with Crippen LogP contribution in [0.3, 0.4) is 0 Å². The molecular formula is C25H34ClF2N7O2. The fourth-order valence-corrected chi connectivity index (χ4v) is 4.93. The van der Waals surface area contributed by atoms with Crippen LogP contribution in [0.2, 0.25) is 5.02 Å². The molecule has 0 amide bonds. The molecule has 202 valence electrons. The molecule has 1 saturated heterocycles. The molecule has 1 aliphatic heterocycles. The van der Waals surface area contributed by atoms with E-state index in [-0.39, 0.29) is 36.8 Å². The van der Waals surface area contributed by atoms with Gasteiger partial charge in [0.1, 0.15) is 5.02 Å². The van der Waals surface area contributed by atoms with Crippen molar-refractivity contribution in [3.8, 4) is 0 Å². The first kappa shape index (κ1) is 27.3. The highest BCUT2D eigenvalue weighted by Gasteiger charge is 2.49. The monoisotopic (exact) mass is 537 g/mol. The molecule has 0 bridgehead atoms. The Labute approximate surface area is 219 Å². The number of hydrogen-bond donors (Lipinski definition) is 3. The van der Waals surface area contributed by atoms with E-state index in [9.17, 15) is 18.7 Å². The molecule has 1 fully saturated rings. The van der Waals surface area contributed by atoms with Crippen molar-refractivity contribution >= 4 is 40.1 Å². The number of anilines is 3. The van der Waals surface area contributed by atoms with Gasteiger partial charge in [-0.1, -0.05) is 18.5 Å². The van der Waals surface area contributed by atoms with Gasteiger partial charge in [-0.15, -0.1) is 0 Å². The summed E-state index contributed by atoms with van der Waals surface area (Å²) in [6.07, 6.45) is 2.06. The van der Waals surface area contributed by atoms with Gasteiger partial charge in [-0.05, 0) is 51.4 Å². The summed E-state index contributed by atoms with van der Waals surface area (Å²) in [5.74, 6) is -3.95. The highest BCUT2D eigenvalue weighted by Crippen LogP contribution is 2.40. The van der Waals surface area contributed by atoms with Gasteiger partial charge in [0.25, 0.3) is 5.92 Å². The Kier molecular flexibility index (Phi) is 7.51. The van der Waals surface area contributed by atoms with E-state index < -0.39 is 23.4 Å². The topological polar surface area (TPSA) is 114 Å². The number of benzene rings is 1. The maximum atomic E-state index is 14.7. The van der Waals surface area contributed by atoms with Crippen molar-refractivity contribution in [1.29, 1.82) is 0 Å². The van der Waals surface area contributed by atoms with Gasteiger partial charge in [0.2, 0.25) is 5.95 Å². The van der Waals surface area contributed by atoms with Crippen LogP contribution in [0.4, 0.5) is 26.2 Å². The minimum atomic E-state index is -2.81. The second-order valence-electron chi connectivity index (χ2n) is 10.5. The molecule has 4 N–H and O–H groups in total. The number of fused-ring (bicyclic) bond motifs is 1. The highest BCUT2D eigenvalue weighted by atomic mass is 35.5. The predicted octanol–water partition coefficient (Wildman–Crippen LogP) is 3.74. The zero-order chi connectivity index (χ0) is 27.1. The number of nitrogens with two attached hydrogens (primary N) is 1. The highest BCUT2D eigenvalue weighted by molar-refractivity contribution is 6.32. The minimum absolute atomic E-state index is 0.0963. The molecule has 0 aliphatic carbocycles. The van der Waals surface area contributed by atoms with Crippen molar-refractivity contribution in [3.05, 3.63) is 39.9 Å². The van der Waals surface area contributed by atoms with E-state index in [1.54, 1.807) is 41.0 Å². The summed E-state index contributed by atoms with van der Waals surface area (Å²) in [6, 6.07) is 5.45. The molecule has 2 aromatic heterocycles. The first-order valence-electron chi connectivity index (χ1n) is 12.4. The summed E-state index contributed by atoms with van der Waals surface area (Å²) in [7, 11) is 1.70. The summed E-state index contributed by atoms with van der Waals surface area (Å²) in [5.41, 5.74) is 6.58. The second-order valence-corrected chi connectivity index (χ2v) is 10.9. The largest absolute Gasteiger partial charge is 0.390 e. The summed E-state index contributed by atoms with van der Waals surface area (Å²) >= 11 is 6.39. The molecule has 1 aromatic carbocycles. The van der Waals surface area contributed by atoms with Crippen molar-refractivity contribution in [2.45, 2.75) is 51.7 Å². The molecule has 1 aliphatic rings. The van der Waals surface area contributed by atoms with E-state index in [0.29, 0.717) is 35.9 Å². The van der Waals surface area contributed by atoms with E-state index in [1.165, 1.54) is 13.1 Å². The lowest BCUT2D eigenvalue weighted by Crippen LogP contribution is -2.53. The smallest absolute Gasteiger partial charge is 0.328 e. The molecule has 3 heterocycles. The Morgan fingerprint density at radius 2 is 2.03 bits per heavy atom. The van der Waals surface area contributed by atoms with E-state index >= 15 is 0 Å². The number of aliphatic hydroxyl groups is 1. The van der Waals surface area contributed by atoms with Gasteiger partial charge < -0.3 is 21.1 Å². The first-order valence-corrected chi connectivity index (χ1v) is 12.7. The van der Waals surface area contributed by atoms with Crippen LogP contribution < -0.4 is 21.6 Å². The molecule has 9 nitrogen and oxygen atoms in total. The van der Waals surface area contributed by atoms with Gasteiger partial charge in [-0.2, -0.15) is 4.98 Å². The predicted molar refractivity (Wildman–Crippen MR) is 142 cm³/mol. The lowest BCUT2D eigenvalue weighted by Gasteiger charge is -2.42. The van der Waals surface area contributed by atoms with E-state index in [0.717, 1.165) is 5.52 Å². The molecule has 3 aromatic rings. The van der Waals surface area contributed by atoms with E-state index in [2.05, 4.69) is 15.3 Å². The quantitative estimate of drug-likeness (QED) is 0.401. The normalized spacial score (nSPS) is 20.0. The zero-order valence-electron chi connectivity index (χ0n) is 21.5. The van der Waals surface area contributed by atoms with Gasteiger partial charge in [0.05, 0.1) is 22.8 Å².